The molecule has 10 heteroatoms. The van der Waals surface area contributed by atoms with Crippen LogP contribution in [-0.4, -0.2) is 63.1 Å². The number of fused-ring (bicyclic) bond motifs is 5. The van der Waals surface area contributed by atoms with Gasteiger partial charge in [0.15, 0.2) is 23.5 Å². The van der Waals surface area contributed by atoms with E-state index in [2.05, 4.69) is 0 Å². The third kappa shape index (κ3) is 5.10. The Kier molecular flexibility index (Phi) is 8.46. The first kappa shape index (κ1) is 32.5. The maximum atomic E-state index is 16.9. The molecule has 246 valence electrons. The summed E-state index contributed by atoms with van der Waals surface area (Å²) >= 11 is 0. The Balaban J connectivity index is 1.26. The lowest BCUT2D eigenvalue weighted by atomic mass is 9.50. The number of nitrogen functional groups attached to an aromatic ring is 1. The summed E-state index contributed by atoms with van der Waals surface area (Å²) in [6.07, 6.45) is -0.289. The van der Waals surface area contributed by atoms with Crippen LogP contribution < -0.4 is 5.73 Å². The number of aliphatic hydroxyl groups is 2. The molecule has 0 unspecified atom stereocenters. The van der Waals surface area contributed by atoms with E-state index >= 15 is 8.78 Å². The number of Topliss-reactive ketones (excluding diaryl/α,β-unsaturated/α-hetero) is 1. The minimum absolute atomic E-state index is 0.0201. The van der Waals surface area contributed by atoms with Gasteiger partial charge in [0, 0.05) is 23.3 Å². The van der Waals surface area contributed by atoms with Crippen molar-refractivity contribution in [3.8, 4) is 5.75 Å². The van der Waals surface area contributed by atoms with Crippen molar-refractivity contribution in [1.82, 2.24) is 0 Å². The summed E-state index contributed by atoms with van der Waals surface area (Å²) < 4.78 is 45.4. The Labute approximate surface area is 266 Å². The number of anilines is 1. The van der Waals surface area contributed by atoms with Crippen molar-refractivity contribution in [3.63, 3.8) is 0 Å². The summed E-state index contributed by atoms with van der Waals surface area (Å²) in [5.74, 6) is -2.57. The second kappa shape index (κ2) is 12.0. The minimum atomic E-state index is -2.20. The highest BCUT2D eigenvalue weighted by Gasteiger charge is 2.77. The maximum absolute atomic E-state index is 16.9. The van der Waals surface area contributed by atoms with Crippen molar-refractivity contribution in [2.75, 3.05) is 12.3 Å². The number of benzene rings is 2. The molecule has 3 aliphatic carbocycles. The number of halogens is 2. The zero-order valence-electron chi connectivity index (χ0n) is 26.0. The molecule has 0 aromatic heterocycles. The number of nitrogens with two attached hydrogens (primary N) is 1. The van der Waals surface area contributed by atoms with Gasteiger partial charge >= 0.3 is 0 Å². The normalized spacial score (nSPS) is 37.7. The summed E-state index contributed by atoms with van der Waals surface area (Å²) in [4.78, 5) is 26.0. The molecule has 1 aliphatic heterocycles. The van der Waals surface area contributed by atoms with E-state index in [9.17, 15) is 24.9 Å². The van der Waals surface area contributed by atoms with Crippen molar-refractivity contribution in [3.05, 3.63) is 83.0 Å². The molecule has 6 rings (SSSR count). The Bertz CT molecular complexity index is 1580. The zero-order valence-corrected chi connectivity index (χ0v) is 26.0. The highest BCUT2D eigenvalue weighted by molar-refractivity contribution is 5.99. The molecule has 8 nitrogen and oxygen atoms in total. The first-order valence-electron chi connectivity index (χ1n) is 15.9. The average molecular weight is 638 g/mol. The predicted octanol–water partition coefficient (Wildman–Crippen LogP) is 4.99. The van der Waals surface area contributed by atoms with E-state index in [1.165, 1.54) is 6.08 Å². The highest BCUT2D eigenvalue weighted by atomic mass is 19.1. The molecular formula is C36H41F2NO7. The molecule has 4 fully saturated rings. The lowest BCUT2D eigenvalue weighted by Crippen LogP contribution is -2.66. The number of alkyl halides is 2. The highest BCUT2D eigenvalue weighted by Crippen LogP contribution is 2.69. The van der Waals surface area contributed by atoms with Gasteiger partial charge in [0.05, 0.1) is 17.9 Å². The number of aliphatic hydroxyl groups excluding tert-OH is 2. The van der Waals surface area contributed by atoms with E-state index in [1.54, 1.807) is 31.2 Å². The number of rotatable bonds is 8. The van der Waals surface area contributed by atoms with Crippen molar-refractivity contribution in [2.45, 2.75) is 88.3 Å². The van der Waals surface area contributed by atoms with Crippen LogP contribution in [0.1, 0.15) is 68.9 Å². The van der Waals surface area contributed by atoms with E-state index in [4.69, 9.17) is 15.2 Å². The fraction of sp³-hybridized carbons (Fsp3) is 0.500. The van der Waals surface area contributed by atoms with E-state index in [1.807, 2.05) is 31.2 Å². The SMILES string of the molecule is CC/C=C\C(=O)/C=C1\C[C@@]2(F)[C@@H](O)C[C@@]3(C)[C@@H](C[C@H]4O[C@@H](c5ccc(Cc6ccc(O)c(N)c6)cc5)O[C@]43C(=O)CO)[C@@H]2C[C@@H]1F. The van der Waals surface area contributed by atoms with Crippen molar-refractivity contribution < 1.29 is 43.2 Å². The van der Waals surface area contributed by atoms with Gasteiger partial charge in [-0.15, -0.1) is 0 Å². The fourth-order valence-corrected chi connectivity index (χ4v) is 8.66. The number of phenols is 1. The quantitative estimate of drug-likeness (QED) is 0.181. The van der Waals surface area contributed by atoms with E-state index in [0.717, 1.165) is 17.2 Å². The van der Waals surface area contributed by atoms with Crippen molar-refractivity contribution >= 4 is 17.3 Å². The van der Waals surface area contributed by atoms with Crippen LogP contribution in [0.4, 0.5) is 14.5 Å². The number of hydrogen-bond acceptors (Lipinski definition) is 8. The monoisotopic (exact) mass is 637 g/mol. The molecule has 46 heavy (non-hydrogen) atoms. The molecule has 2 aromatic rings. The lowest BCUT2D eigenvalue weighted by Gasteiger charge is -2.57. The van der Waals surface area contributed by atoms with Gasteiger partial charge in [0.25, 0.3) is 0 Å². The molecule has 4 aliphatic rings. The molecule has 0 bridgehead atoms. The van der Waals surface area contributed by atoms with Gasteiger partial charge in [-0.2, -0.15) is 0 Å². The predicted molar refractivity (Wildman–Crippen MR) is 166 cm³/mol. The Morgan fingerprint density at radius 2 is 1.83 bits per heavy atom. The largest absolute Gasteiger partial charge is 0.506 e. The van der Waals surface area contributed by atoms with Gasteiger partial charge in [-0.05, 0) is 79.0 Å². The first-order chi connectivity index (χ1) is 21.9. The summed E-state index contributed by atoms with van der Waals surface area (Å²) in [5, 5.41) is 31.2. The third-order valence-corrected chi connectivity index (χ3v) is 10.9. The number of ketones is 2. The van der Waals surface area contributed by atoms with Crippen LogP contribution in [-0.2, 0) is 25.5 Å². The second-order valence-electron chi connectivity index (χ2n) is 13.5. The minimum Gasteiger partial charge on any atom is -0.506 e. The number of carbonyl (C=O) groups is 2. The van der Waals surface area contributed by atoms with E-state index < -0.39 is 77.8 Å². The van der Waals surface area contributed by atoms with Gasteiger partial charge in [0.2, 0.25) is 0 Å². The molecule has 0 spiro atoms. The number of carbonyl (C=O) groups excluding carboxylic acids is 2. The molecule has 1 saturated heterocycles. The van der Waals surface area contributed by atoms with E-state index in [0.29, 0.717) is 24.1 Å². The average Bonchev–Trinajstić information content (AvgIpc) is 3.52. The summed E-state index contributed by atoms with van der Waals surface area (Å²) in [6.45, 7) is 2.78. The number of hydrogen-bond donors (Lipinski definition) is 4. The topological polar surface area (TPSA) is 139 Å². The lowest BCUT2D eigenvalue weighted by molar-refractivity contribution is -0.217. The van der Waals surface area contributed by atoms with Crippen LogP contribution in [0.2, 0.25) is 0 Å². The van der Waals surface area contributed by atoms with Gasteiger partial charge in [-0.3, -0.25) is 9.59 Å². The van der Waals surface area contributed by atoms with Crippen molar-refractivity contribution in [2.24, 2.45) is 17.3 Å². The van der Waals surface area contributed by atoms with Crippen LogP contribution in [0.25, 0.3) is 0 Å². The second-order valence-corrected chi connectivity index (χ2v) is 13.5. The number of allylic oxidation sites excluding steroid dienone is 4. The number of phenolic OH excluding ortho intramolecular Hbond substituents is 1. The smallest absolute Gasteiger partial charge is 0.193 e. The summed E-state index contributed by atoms with van der Waals surface area (Å²) in [7, 11) is 0. The van der Waals surface area contributed by atoms with Crippen LogP contribution in [0, 0.1) is 17.3 Å². The molecule has 9 atom stereocenters. The Hall–Kier alpha value is -3.44. The number of ether oxygens (including phenoxy) is 2. The van der Waals surface area contributed by atoms with Crippen LogP contribution in [0.5, 0.6) is 5.75 Å². The van der Waals surface area contributed by atoms with Crippen LogP contribution in [0.3, 0.4) is 0 Å². The zero-order chi connectivity index (χ0) is 33.0. The Morgan fingerprint density at radius 1 is 1.11 bits per heavy atom. The molecule has 2 aromatic carbocycles. The van der Waals surface area contributed by atoms with Gasteiger partial charge in [-0.25, -0.2) is 8.78 Å². The third-order valence-electron chi connectivity index (χ3n) is 10.9. The summed E-state index contributed by atoms with van der Waals surface area (Å²) in [5.41, 5.74) is 3.62. The molecule has 5 N–H and O–H groups in total. The first-order valence-corrected chi connectivity index (χ1v) is 15.9. The molecular weight excluding hydrogens is 596 g/mol. The molecule has 0 amide bonds. The van der Waals surface area contributed by atoms with Gasteiger partial charge < -0.3 is 30.5 Å². The fourth-order valence-electron chi connectivity index (χ4n) is 8.66. The molecule has 1 heterocycles. The summed E-state index contributed by atoms with van der Waals surface area (Å²) in [6, 6.07) is 12.5. The van der Waals surface area contributed by atoms with Crippen LogP contribution >= 0.6 is 0 Å². The standard InChI is InChI=1S/C36H41F2NO7/c1-3-4-5-24(41)14-23-17-35(38)26(15-27(23)37)25-16-32-36(31(44)19-40,34(25,2)18-30(35)43)46-33(45-32)22-9-6-20(7-10-22)12-21-8-11-29(42)28(39)13-21/h4-11,13-14,25-27,30,32-33,40,42-43H,3,12,15-19,39H2,1-2H3/b5-4-,23-14+/t25-,26-,27-,30-,32+,33+,34-,35-,36+/m0/s1. The van der Waals surface area contributed by atoms with Crippen LogP contribution in [0.15, 0.2) is 66.3 Å². The molecule has 0 radical (unpaired) electrons. The molecule has 3 saturated carbocycles. The maximum Gasteiger partial charge on any atom is 0.193 e. The van der Waals surface area contributed by atoms with Crippen molar-refractivity contribution in [1.29, 1.82) is 0 Å². The number of aromatic hydroxyl groups is 1. The Morgan fingerprint density at radius 3 is 2.50 bits per heavy atom. The van der Waals surface area contributed by atoms with E-state index in [-0.39, 0.29) is 30.6 Å². The van der Waals surface area contributed by atoms with Gasteiger partial charge in [-0.1, -0.05) is 50.3 Å². The van der Waals surface area contributed by atoms with Gasteiger partial charge in [0.1, 0.15) is 24.2 Å².